The predicted molar refractivity (Wildman–Crippen MR) is 505 cm³/mol. The van der Waals surface area contributed by atoms with Gasteiger partial charge in [0.05, 0.1) is 44.8 Å². The summed E-state index contributed by atoms with van der Waals surface area (Å²) in [6.07, 6.45) is 7.89. The van der Waals surface area contributed by atoms with Crippen molar-refractivity contribution in [3.8, 4) is 0 Å². The Morgan fingerprint density at radius 2 is 0.579 bits per heavy atom. The molecule has 0 saturated carbocycles. The van der Waals surface area contributed by atoms with E-state index in [0.29, 0.717) is 24.7 Å². The van der Waals surface area contributed by atoms with Crippen molar-refractivity contribution in [1.82, 2.24) is 20.4 Å². The molecular formula is C92H152B4Br2Cl2N4O17. The fraction of sp³-hybridized carbons (Fsp3) is 0.696. The van der Waals surface area contributed by atoms with Crippen molar-refractivity contribution in [2.24, 2.45) is 0 Å². The lowest BCUT2D eigenvalue weighted by atomic mass is 9.49. The second-order valence-corrected chi connectivity index (χ2v) is 41.3. The largest absolute Gasteiger partial charge is 0.519 e. The fourth-order valence-electron chi connectivity index (χ4n) is 13.6. The summed E-state index contributed by atoms with van der Waals surface area (Å²) < 4.78 is 81.5. The van der Waals surface area contributed by atoms with Crippen LogP contribution in [0.3, 0.4) is 0 Å². The minimum Gasteiger partial charge on any atom is -0.444 e. The van der Waals surface area contributed by atoms with E-state index in [9.17, 15) is 19.2 Å². The zero-order valence-electron chi connectivity index (χ0n) is 79.3. The normalized spacial score (nSPS) is 20.9. The Bertz CT molecular complexity index is 3670. The average molecular weight is 1860 g/mol. The third-order valence-electron chi connectivity index (χ3n) is 23.2. The van der Waals surface area contributed by atoms with Crippen molar-refractivity contribution >= 4 is 120 Å². The molecule has 0 radical (unpaired) electrons. The Labute approximate surface area is 760 Å². The topological polar surface area (TPSA) is 219 Å². The van der Waals surface area contributed by atoms with Crippen LogP contribution in [0.2, 0.25) is 0 Å². The third kappa shape index (κ3) is 34.6. The Morgan fingerprint density at radius 1 is 0.380 bits per heavy atom. The first kappa shape index (κ1) is 109. The summed E-state index contributed by atoms with van der Waals surface area (Å²) in [5, 5.41) is 6.81. The van der Waals surface area contributed by atoms with Crippen LogP contribution in [0.4, 0.5) is 19.2 Å². The van der Waals surface area contributed by atoms with Gasteiger partial charge < -0.3 is 81.4 Å². The number of amides is 2. The summed E-state index contributed by atoms with van der Waals surface area (Å²) in [5.74, 6) is 2.47. The van der Waals surface area contributed by atoms with E-state index < -0.39 is 48.7 Å². The maximum Gasteiger partial charge on any atom is 0.519 e. The van der Waals surface area contributed by atoms with Crippen molar-refractivity contribution in [2.45, 2.75) is 357 Å². The molecule has 0 unspecified atom stereocenters. The van der Waals surface area contributed by atoms with Crippen molar-refractivity contribution in [1.29, 1.82) is 0 Å². The molecule has 8 heterocycles. The zero-order chi connectivity index (χ0) is 90.6. The fourth-order valence-corrected chi connectivity index (χ4v) is 14.2. The van der Waals surface area contributed by atoms with Crippen LogP contribution in [0.5, 0.6) is 0 Å². The van der Waals surface area contributed by atoms with Crippen LogP contribution in [-0.4, -0.2) is 189 Å². The van der Waals surface area contributed by atoms with E-state index in [-0.39, 0.29) is 91.1 Å². The number of alkyl halides is 1. The van der Waals surface area contributed by atoms with Crippen molar-refractivity contribution in [3.05, 3.63) is 128 Å². The highest BCUT2D eigenvalue weighted by Gasteiger charge is 2.64. The van der Waals surface area contributed by atoms with E-state index in [0.717, 1.165) is 86.3 Å². The van der Waals surface area contributed by atoms with E-state index in [1.54, 1.807) is 48.5 Å². The SMILES string of the molecule is Brc1ccc(C2CCNCC2)cc1.C.CC(C)(C)OC(=O)N1CCC(c2ccc(B3OC(C)(C)C(C)(C)O3)cc2)CC1.CC(C)(C)OC(=O)N1CCC(c2ccc(Br)cc2)CC1.CC(C)(C)OC(=O)OC(=O)OC(C)(C)C.CC1(C)OB(B2OC(C)(C)C(C)(C)O2)OC1(C)C.CC1(C)OB(c2ccc(C3CCNCC3)cc2)OC1(C)C.CCl.Cl.[2H]CC. The zero-order valence-corrected chi connectivity index (χ0v) is 83.0. The van der Waals surface area contributed by atoms with Gasteiger partial charge in [0, 0.05) is 42.9 Å². The van der Waals surface area contributed by atoms with Gasteiger partial charge in [0.1, 0.15) is 22.4 Å². The molecule has 0 bridgehead atoms. The lowest BCUT2D eigenvalue weighted by molar-refractivity contribution is -0.0295. The van der Waals surface area contributed by atoms with Gasteiger partial charge in [-0.25, -0.2) is 19.2 Å². The van der Waals surface area contributed by atoms with Crippen LogP contribution in [0.15, 0.2) is 106 Å². The number of benzene rings is 4. The molecule has 8 fully saturated rings. The molecule has 4 aromatic rings. The molecule has 2 amide bonds. The molecule has 0 atom stereocenters. The lowest BCUT2D eigenvalue weighted by Gasteiger charge is -2.33. The van der Waals surface area contributed by atoms with E-state index in [1.807, 2.05) is 107 Å². The number of ether oxygens (including phenoxy) is 5. The summed E-state index contributed by atoms with van der Waals surface area (Å²) >= 11 is 11.6. The number of piperidine rings is 4. The van der Waals surface area contributed by atoms with Gasteiger partial charge in [-0.15, -0.1) is 24.0 Å². The first-order valence-electron chi connectivity index (χ1n) is 43.3. The second kappa shape index (κ2) is 46.5. The van der Waals surface area contributed by atoms with Crippen molar-refractivity contribution in [3.63, 3.8) is 0 Å². The van der Waals surface area contributed by atoms with Crippen LogP contribution in [-0.2, 0) is 60.9 Å². The summed E-state index contributed by atoms with van der Waals surface area (Å²) in [7, 11) is -1.53. The number of likely N-dealkylation sites (tertiary alicyclic amines) is 2. The number of carbonyl (C=O) groups is 4. The third-order valence-corrected chi connectivity index (χ3v) is 24.3. The Hall–Kier alpha value is -4.44. The molecule has 8 aliphatic rings. The predicted octanol–water partition coefficient (Wildman–Crippen LogP) is 22.1. The van der Waals surface area contributed by atoms with Crippen LogP contribution >= 0.6 is 55.9 Å². The lowest BCUT2D eigenvalue weighted by Crippen LogP contribution is -2.41. The summed E-state index contributed by atoms with van der Waals surface area (Å²) in [5.41, 5.74) is 2.87. The minimum absolute atomic E-state index is 0. The highest BCUT2D eigenvalue weighted by Crippen LogP contribution is 2.44. The van der Waals surface area contributed by atoms with Crippen LogP contribution in [0.1, 0.15) is 314 Å². The first-order valence-corrected chi connectivity index (χ1v) is 44.9. The quantitative estimate of drug-likeness (QED) is 0.0578. The highest BCUT2D eigenvalue weighted by atomic mass is 79.9. The smallest absolute Gasteiger partial charge is 0.444 e. The maximum absolute atomic E-state index is 12.2. The summed E-state index contributed by atoms with van der Waals surface area (Å²) in [6.45, 7) is 64.2. The molecule has 0 spiro atoms. The summed E-state index contributed by atoms with van der Waals surface area (Å²) in [6, 6.07) is 34.6. The molecule has 682 valence electrons. The van der Waals surface area contributed by atoms with E-state index in [4.69, 9.17) is 57.6 Å². The van der Waals surface area contributed by atoms with Gasteiger partial charge in [-0.05, 0) is 353 Å². The van der Waals surface area contributed by atoms with Gasteiger partial charge in [-0.1, -0.05) is 126 Å². The van der Waals surface area contributed by atoms with E-state index >= 15 is 0 Å². The number of halogens is 4. The van der Waals surface area contributed by atoms with Gasteiger partial charge in [0.25, 0.3) is 0 Å². The molecule has 8 aliphatic heterocycles. The molecule has 21 nitrogen and oxygen atoms in total. The van der Waals surface area contributed by atoms with Crippen LogP contribution in [0, 0.1) is 0 Å². The molecule has 2 N–H and O–H groups in total. The monoisotopic (exact) mass is 1860 g/mol. The molecule has 121 heavy (non-hydrogen) atoms. The van der Waals surface area contributed by atoms with Crippen molar-refractivity contribution < 1.29 is 81.5 Å². The molecular weight excluding hydrogens is 1710 g/mol. The number of nitrogens with zero attached hydrogens (tertiary/aromatic N) is 2. The average Bonchev–Trinajstić information content (AvgIpc) is 1.59. The summed E-state index contributed by atoms with van der Waals surface area (Å²) in [4.78, 5) is 49.9. The molecule has 12 rings (SSSR count). The highest BCUT2D eigenvalue weighted by molar-refractivity contribution is 9.10. The first-order chi connectivity index (χ1) is 55.3. The molecule has 0 aliphatic carbocycles. The maximum atomic E-state index is 12.2. The van der Waals surface area contributed by atoms with Crippen LogP contribution in [0.25, 0.3) is 0 Å². The minimum atomic E-state index is -1.06. The standard InChI is InChI=1S/C22H34BNO4.C17H26BNO2.C16H22BrNO2.C12H24B2O4.C11H14BrN.C10H18O5.C2H6.CH3Cl.CH4.ClH/c1-20(2,3)26-19(25)24-14-12-17(13-15-24)16-8-10-18(11-9-16)23-27-21(4,5)22(6,7)28-23;1-16(2)17(3,4)21-18(20-16)15-7-5-13(6-8-15)14-9-11-19-12-10-14;1-16(2,3)20-15(19)18-10-8-13(9-11-18)12-4-6-14(17)7-5-12;1-9(2)10(3,4)16-13(15-9)14-17-11(5,6)12(7,8)18-14;12-11-3-1-9(2-4-11)10-5-7-13-8-6-10;1-9(2,3)14-7(11)13-8(12)15-10(4,5)6;2*1-2;;/h8-11,17H,12-15H2,1-7H3;5-8,14,19H,9-12H2,1-4H3;4-7,13H,8-11H2,1-3H3;1-8H3;1-4,10,13H,5-8H2;1-6H3;1-2H3;1H3;1H4;1H/i;;;;;;1D;;;. The van der Waals surface area contributed by atoms with Crippen molar-refractivity contribution in [2.75, 3.05) is 58.7 Å². The molecule has 0 aromatic heterocycles. The number of hydrogen-bond acceptors (Lipinski definition) is 19. The number of rotatable bonds is 7. The van der Waals surface area contributed by atoms with Gasteiger partial charge in [0.2, 0.25) is 0 Å². The molecule has 8 saturated heterocycles. The Morgan fingerprint density at radius 3 is 0.793 bits per heavy atom. The van der Waals surface area contributed by atoms with Gasteiger partial charge >= 0.3 is 52.8 Å². The number of carbonyl (C=O) groups excluding carboxylic acids is 4. The number of hydrogen-bond donors (Lipinski definition) is 2. The Kier molecular flexibility index (Phi) is 41.9. The van der Waals surface area contributed by atoms with Gasteiger partial charge in [0.15, 0.2) is 0 Å². The van der Waals surface area contributed by atoms with Gasteiger partial charge in [-0.3, -0.25) is 0 Å². The number of nitrogens with one attached hydrogen (secondary N) is 2. The molecule has 4 aromatic carbocycles. The van der Waals surface area contributed by atoms with E-state index in [1.165, 1.54) is 71.9 Å². The van der Waals surface area contributed by atoms with Crippen LogP contribution < -0.4 is 21.6 Å². The second-order valence-electron chi connectivity index (χ2n) is 39.4. The Balaban J connectivity index is 0.000000378. The van der Waals surface area contributed by atoms with Gasteiger partial charge in [-0.2, -0.15) is 0 Å². The van der Waals surface area contributed by atoms with E-state index in [2.05, 4.69) is 211 Å². The molecule has 29 heteroatoms.